The molecule has 0 aromatic heterocycles. The van der Waals surface area contributed by atoms with Crippen molar-refractivity contribution in [2.45, 2.75) is 38.2 Å². The maximum absolute atomic E-state index is 12.3. The molecule has 1 amide bonds. The van der Waals surface area contributed by atoms with Crippen molar-refractivity contribution in [3.63, 3.8) is 0 Å². The molecule has 0 aromatic rings. The van der Waals surface area contributed by atoms with E-state index in [0.717, 1.165) is 45.3 Å². The molecule has 1 aliphatic carbocycles. The quantitative estimate of drug-likeness (QED) is 0.845. The largest absolute Gasteiger partial charge is 0.376 e. The number of halogens is 1. The highest BCUT2D eigenvalue weighted by atomic mass is 35.5. The summed E-state index contributed by atoms with van der Waals surface area (Å²) in [7, 11) is 1.90. The van der Waals surface area contributed by atoms with E-state index in [2.05, 4.69) is 0 Å². The minimum atomic E-state index is 0. The molecule has 2 N–H and O–H groups in total. The molecule has 2 rings (SSSR count). The molecular formula is C13H25ClN2O2. The SMILES string of the molecule is CN(CC1CCCO1)C(=O)[C@@H]1CCC[C@@H]1CN.Cl. The van der Waals surface area contributed by atoms with Crippen molar-refractivity contribution in [2.75, 3.05) is 26.7 Å². The Morgan fingerprint density at radius 2 is 2.11 bits per heavy atom. The molecule has 18 heavy (non-hydrogen) atoms. The van der Waals surface area contributed by atoms with E-state index in [1.165, 1.54) is 0 Å². The molecule has 0 bridgehead atoms. The Hall–Kier alpha value is -0.320. The molecule has 1 heterocycles. The highest BCUT2D eigenvalue weighted by Crippen LogP contribution is 2.32. The van der Waals surface area contributed by atoms with E-state index in [4.69, 9.17) is 10.5 Å². The van der Waals surface area contributed by atoms with Gasteiger partial charge in [0.1, 0.15) is 0 Å². The number of nitrogens with zero attached hydrogens (tertiary/aromatic N) is 1. The van der Waals surface area contributed by atoms with Gasteiger partial charge in [-0.25, -0.2) is 0 Å². The maximum Gasteiger partial charge on any atom is 0.225 e. The second-order valence-electron chi connectivity index (χ2n) is 5.39. The predicted molar refractivity (Wildman–Crippen MR) is 73.7 cm³/mol. The second kappa shape index (κ2) is 7.31. The molecule has 5 heteroatoms. The maximum atomic E-state index is 12.3. The van der Waals surface area contributed by atoms with Gasteiger partial charge in [0, 0.05) is 26.1 Å². The predicted octanol–water partition coefficient (Wildman–Crippen LogP) is 1.42. The highest BCUT2D eigenvalue weighted by Gasteiger charge is 2.34. The van der Waals surface area contributed by atoms with Crippen LogP contribution < -0.4 is 5.73 Å². The topological polar surface area (TPSA) is 55.6 Å². The fourth-order valence-electron chi connectivity index (χ4n) is 3.11. The van der Waals surface area contributed by atoms with Crippen molar-refractivity contribution in [1.29, 1.82) is 0 Å². The first-order chi connectivity index (χ1) is 8.22. The van der Waals surface area contributed by atoms with Gasteiger partial charge in [-0.1, -0.05) is 6.42 Å². The van der Waals surface area contributed by atoms with Gasteiger partial charge in [-0.2, -0.15) is 0 Å². The summed E-state index contributed by atoms with van der Waals surface area (Å²) in [5.41, 5.74) is 5.73. The molecular weight excluding hydrogens is 252 g/mol. The normalized spacial score (nSPS) is 31.1. The lowest BCUT2D eigenvalue weighted by Crippen LogP contribution is -2.40. The van der Waals surface area contributed by atoms with Gasteiger partial charge in [0.05, 0.1) is 6.10 Å². The Balaban J connectivity index is 0.00000162. The van der Waals surface area contributed by atoms with Crippen LogP contribution in [0, 0.1) is 11.8 Å². The van der Waals surface area contributed by atoms with Gasteiger partial charge in [-0.3, -0.25) is 4.79 Å². The number of hydrogen-bond acceptors (Lipinski definition) is 3. The van der Waals surface area contributed by atoms with E-state index < -0.39 is 0 Å². The third-order valence-corrected chi connectivity index (χ3v) is 4.16. The minimum absolute atomic E-state index is 0. The minimum Gasteiger partial charge on any atom is -0.376 e. The summed E-state index contributed by atoms with van der Waals surface area (Å²) >= 11 is 0. The smallest absolute Gasteiger partial charge is 0.225 e. The Morgan fingerprint density at radius 3 is 2.72 bits per heavy atom. The van der Waals surface area contributed by atoms with Gasteiger partial charge in [0.2, 0.25) is 5.91 Å². The number of carbonyl (C=O) groups is 1. The molecule has 1 unspecified atom stereocenters. The van der Waals surface area contributed by atoms with Crippen LogP contribution in [0.4, 0.5) is 0 Å². The first kappa shape index (κ1) is 15.7. The van der Waals surface area contributed by atoms with Crippen LogP contribution in [0.1, 0.15) is 32.1 Å². The van der Waals surface area contributed by atoms with Crippen molar-refractivity contribution in [3.05, 3.63) is 0 Å². The van der Waals surface area contributed by atoms with Gasteiger partial charge in [-0.15, -0.1) is 12.4 Å². The van der Waals surface area contributed by atoms with Crippen LogP contribution in [0.3, 0.4) is 0 Å². The van der Waals surface area contributed by atoms with Crippen LogP contribution in [-0.4, -0.2) is 43.7 Å². The van der Waals surface area contributed by atoms with Crippen LogP contribution in [-0.2, 0) is 9.53 Å². The van der Waals surface area contributed by atoms with E-state index in [1.807, 2.05) is 11.9 Å². The van der Waals surface area contributed by atoms with E-state index in [9.17, 15) is 4.79 Å². The Morgan fingerprint density at radius 1 is 1.33 bits per heavy atom. The molecule has 4 nitrogen and oxygen atoms in total. The van der Waals surface area contributed by atoms with Crippen molar-refractivity contribution >= 4 is 18.3 Å². The zero-order valence-electron chi connectivity index (χ0n) is 11.1. The zero-order chi connectivity index (χ0) is 12.3. The van der Waals surface area contributed by atoms with Crippen molar-refractivity contribution in [3.8, 4) is 0 Å². The molecule has 3 atom stereocenters. The fourth-order valence-corrected chi connectivity index (χ4v) is 3.11. The van der Waals surface area contributed by atoms with Gasteiger partial charge >= 0.3 is 0 Å². The molecule has 0 spiro atoms. The second-order valence-corrected chi connectivity index (χ2v) is 5.39. The van der Waals surface area contributed by atoms with E-state index in [-0.39, 0.29) is 30.3 Å². The summed E-state index contributed by atoms with van der Waals surface area (Å²) in [5, 5.41) is 0. The van der Waals surface area contributed by atoms with Crippen LogP contribution in [0.25, 0.3) is 0 Å². The van der Waals surface area contributed by atoms with Crippen LogP contribution >= 0.6 is 12.4 Å². The highest BCUT2D eigenvalue weighted by molar-refractivity contribution is 5.85. The monoisotopic (exact) mass is 276 g/mol. The van der Waals surface area contributed by atoms with Crippen LogP contribution in [0.15, 0.2) is 0 Å². The molecule has 0 aromatic carbocycles. The number of likely N-dealkylation sites (N-methyl/N-ethyl adjacent to an activating group) is 1. The van der Waals surface area contributed by atoms with E-state index in [0.29, 0.717) is 12.5 Å². The number of amides is 1. The lowest BCUT2D eigenvalue weighted by molar-refractivity contribution is -0.136. The fraction of sp³-hybridized carbons (Fsp3) is 0.923. The molecule has 106 valence electrons. The molecule has 0 radical (unpaired) electrons. The Labute approximate surface area is 116 Å². The number of rotatable bonds is 4. The summed E-state index contributed by atoms with van der Waals surface area (Å²) in [4.78, 5) is 14.2. The van der Waals surface area contributed by atoms with E-state index >= 15 is 0 Å². The average molecular weight is 277 g/mol. The average Bonchev–Trinajstić information content (AvgIpc) is 2.97. The summed E-state index contributed by atoms with van der Waals surface area (Å²) in [6, 6.07) is 0. The molecule has 2 fully saturated rings. The number of hydrogen-bond donors (Lipinski definition) is 1. The van der Waals surface area contributed by atoms with Crippen LogP contribution in [0.5, 0.6) is 0 Å². The third kappa shape index (κ3) is 3.59. The summed E-state index contributed by atoms with van der Waals surface area (Å²) in [6.07, 6.45) is 5.73. The summed E-state index contributed by atoms with van der Waals surface area (Å²) < 4.78 is 5.57. The molecule has 1 saturated carbocycles. The van der Waals surface area contributed by atoms with Crippen molar-refractivity contribution in [1.82, 2.24) is 4.90 Å². The standard InChI is InChI=1S/C13H24N2O2.ClH/c1-15(9-11-5-3-7-17-11)13(16)12-6-2-4-10(12)8-14;/h10-12H,2-9,14H2,1H3;1H/t10-,11?,12-;/m1./s1. The number of nitrogens with two attached hydrogens (primary N) is 1. The van der Waals surface area contributed by atoms with Crippen LogP contribution in [0.2, 0.25) is 0 Å². The molecule has 2 aliphatic rings. The first-order valence-electron chi connectivity index (χ1n) is 6.79. The van der Waals surface area contributed by atoms with Crippen molar-refractivity contribution < 1.29 is 9.53 Å². The third-order valence-electron chi connectivity index (χ3n) is 4.16. The number of ether oxygens (including phenoxy) is 1. The van der Waals surface area contributed by atoms with Gasteiger partial charge < -0.3 is 15.4 Å². The lowest BCUT2D eigenvalue weighted by Gasteiger charge is -2.26. The summed E-state index contributed by atoms with van der Waals surface area (Å²) in [5.74, 6) is 0.828. The zero-order valence-corrected chi connectivity index (χ0v) is 12.0. The molecule has 1 saturated heterocycles. The first-order valence-corrected chi connectivity index (χ1v) is 6.79. The summed E-state index contributed by atoms with van der Waals surface area (Å²) in [6.45, 7) is 2.23. The van der Waals surface area contributed by atoms with Gasteiger partial charge in [0.15, 0.2) is 0 Å². The van der Waals surface area contributed by atoms with Crippen molar-refractivity contribution in [2.24, 2.45) is 17.6 Å². The lowest BCUT2D eigenvalue weighted by atomic mass is 9.95. The number of carbonyl (C=O) groups excluding carboxylic acids is 1. The van der Waals surface area contributed by atoms with E-state index in [1.54, 1.807) is 0 Å². The van der Waals surface area contributed by atoms with Gasteiger partial charge in [0.25, 0.3) is 0 Å². The molecule has 1 aliphatic heterocycles. The Kier molecular flexibility index (Phi) is 6.39. The Bertz CT molecular complexity index is 270. The van der Waals surface area contributed by atoms with Gasteiger partial charge in [-0.05, 0) is 38.1 Å².